The molecule has 0 fully saturated rings. The van der Waals surface area contributed by atoms with E-state index < -0.39 is 5.97 Å². The number of esters is 1. The molecule has 0 saturated carbocycles. The second-order valence-electron chi connectivity index (χ2n) is 4.31. The number of carboxylic acid groups (broad SMARTS) is 1. The first-order valence-electron chi connectivity index (χ1n) is 6.47. The van der Waals surface area contributed by atoms with Crippen LogP contribution in [0.25, 0.3) is 0 Å². The van der Waals surface area contributed by atoms with Gasteiger partial charge in [-0.05, 0) is 43.3 Å². The first-order valence-corrected chi connectivity index (χ1v) is 6.47. The van der Waals surface area contributed by atoms with Crippen LogP contribution >= 0.6 is 0 Å². The summed E-state index contributed by atoms with van der Waals surface area (Å²) in [4.78, 5) is 22.6. The molecule has 0 aromatic heterocycles. The van der Waals surface area contributed by atoms with Gasteiger partial charge in [-0.2, -0.15) is 0 Å². The lowest BCUT2D eigenvalue weighted by atomic mass is 10.1. The van der Waals surface area contributed by atoms with Crippen molar-refractivity contribution in [2.45, 2.75) is 6.92 Å². The van der Waals surface area contributed by atoms with Crippen LogP contribution < -0.4 is 5.32 Å². The molecule has 0 amide bonds. The van der Waals surface area contributed by atoms with Crippen LogP contribution in [0.5, 0.6) is 0 Å². The molecule has 0 aliphatic carbocycles. The van der Waals surface area contributed by atoms with Crippen molar-refractivity contribution in [3.8, 4) is 0 Å². The van der Waals surface area contributed by atoms with Gasteiger partial charge in [-0.1, -0.05) is 12.1 Å². The molecule has 5 nitrogen and oxygen atoms in total. The molecule has 0 aliphatic rings. The number of aromatic carboxylic acids is 1. The number of carbonyl (C=O) groups is 2. The summed E-state index contributed by atoms with van der Waals surface area (Å²) in [6.07, 6.45) is 0. The van der Waals surface area contributed by atoms with Gasteiger partial charge in [0.2, 0.25) is 0 Å². The van der Waals surface area contributed by atoms with Gasteiger partial charge in [0, 0.05) is 11.4 Å². The van der Waals surface area contributed by atoms with E-state index in [1.807, 2.05) is 0 Å². The summed E-state index contributed by atoms with van der Waals surface area (Å²) in [5, 5.41) is 12.0. The van der Waals surface area contributed by atoms with Gasteiger partial charge in [0.25, 0.3) is 0 Å². The molecule has 0 radical (unpaired) electrons. The molecular weight excluding hydrogens is 270 g/mol. The number of nitrogens with one attached hydrogen (secondary N) is 1. The van der Waals surface area contributed by atoms with Crippen LogP contribution in [0.4, 0.5) is 11.4 Å². The van der Waals surface area contributed by atoms with Gasteiger partial charge >= 0.3 is 11.9 Å². The van der Waals surface area contributed by atoms with E-state index in [4.69, 9.17) is 9.84 Å². The van der Waals surface area contributed by atoms with Gasteiger partial charge in [0.1, 0.15) is 0 Å². The van der Waals surface area contributed by atoms with E-state index in [2.05, 4.69) is 5.32 Å². The van der Waals surface area contributed by atoms with Crippen molar-refractivity contribution in [3.05, 3.63) is 59.7 Å². The lowest BCUT2D eigenvalue weighted by Gasteiger charge is -2.09. The summed E-state index contributed by atoms with van der Waals surface area (Å²) in [6.45, 7) is 2.06. The fourth-order valence-electron chi connectivity index (χ4n) is 1.83. The minimum absolute atomic E-state index is 0.196. The average molecular weight is 285 g/mol. The van der Waals surface area contributed by atoms with Crippen LogP contribution in [0, 0.1) is 0 Å². The molecule has 0 spiro atoms. The van der Waals surface area contributed by atoms with Gasteiger partial charge in [0.15, 0.2) is 0 Å². The van der Waals surface area contributed by atoms with Crippen molar-refractivity contribution >= 4 is 23.3 Å². The summed E-state index contributed by atoms with van der Waals surface area (Å²) in [5.41, 5.74) is 1.96. The van der Waals surface area contributed by atoms with Gasteiger partial charge in [-0.15, -0.1) is 0 Å². The van der Waals surface area contributed by atoms with Gasteiger partial charge in [0.05, 0.1) is 17.7 Å². The molecule has 2 N–H and O–H groups in total. The molecule has 0 heterocycles. The normalized spacial score (nSPS) is 9.95. The molecule has 2 aromatic rings. The minimum Gasteiger partial charge on any atom is -0.478 e. The van der Waals surface area contributed by atoms with Crippen molar-refractivity contribution in [2.24, 2.45) is 0 Å². The Bertz CT molecular complexity index is 667. The first-order chi connectivity index (χ1) is 10.1. The maximum Gasteiger partial charge on any atom is 0.338 e. The van der Waals surface area contributed by atoms with Crippen LogP contribution in [0.15, 0.2) is 48.5 Å². The molecule has 5 heteroatoms. The maximum absolute atomic E-state index is 11.7. The van der Waals surface area contributed by atoms with Crippen molar-refractivity contribution in [1.29, 1.82) is 0 Å². The standard InChI is InChI=1S/C16H15NO4/c1-2-21-16(20)12-6-4-8-14(10-12)17-13-7-3-5-11(9-13)15(18)19/h3-10,17H,2H2,1H3,(H,18,19). The average Bonchev–Trinajstić information content (AvgIpc) is 2.48. The Balaban J connectivity index is 2.20. The highest BCUT2D eigenvalue weighted by atomic mass is 16.5. The van der Waals surface area contributed by atoms with Crippen LogP contribution in [0.1, 0.15) is 27.6 Å². The number of anilines is 2. The minimum atomic E-state index is -0.987. The summed E-state index contributed by atoms with van der Waals surface area (Å²) in [5.74, 6) is -1.38. The van der Waals surface area contributed by atoms with Crippen LogP contribution in [0.2, 0.25) is 0 Å². The molecule has 2 aromatic carbocycles. The quantitative estimate of drug-likeness (QED) is 0.824. The zero-order valence-electron chi connectivity index (χ0n) is 11.5. The monoisotopic (exact) mass is 285 g/mol. The molecule has 0 bridgehead atoms. The Morgan fingerprint density at radius 1 is 1.05 bits per heavy atom. The predicted octanol–water partition coefficient (Wildman–Crippen LogP) is 3.31. The first kappa shape index (κ1) is 14.6. The van der Waals surface area contributed by atoms with Crippen molar-refractivity contribution in [2.75, 3.05) is 11.9 Å². The lowest BCUT2D eigenvalue weighted by molar-refractivity contribution is 0.0526. The molecule has 108 valence electrons. The molecular formula is C16H15NO4. The van der Waals surface area contributed by atoms with Gasteiger partial charge in [-0.25, -0.2) is 9.59 Å². The third-order valence-corrected chi connectivity index (χ3v) is 2.77. The summed E-state index contributed by atoms with van der Waals surface area (Å²) in [6, 6.07) is 13.3. The molecule has 0 unspecified atom stereocenters. The predicted molar refractivity (Wildman–Crippen MR) is 79.1 cm³/mol. The fourth-order valence-corrected chi connectivity index (χ4v) is 1.83. The number of carboxylic acids is 1. The maximum atomic E-state index is 11.7. The molecule has 0 atom stereocenters. The third-order valence-electron chi connectivity index (χ3n) is 2.77. The summed E-state index contributed by atoms with van der Waals surface area (Å²) < 4.78 is 4.94. The van der Waals surface area contributed by atoms with Crippen LogP contribution in [-0.2, 0) is 4.74 Å². The molecule has 0 saturated heterocycles. The second kappa shape index (κ2) is 6.56. The fraction of sp³-hybridized carbons (Fsp3) is 0.125. The van der Waals surface area contributed by atoms with Gasteiger partial charge < -0.3 is 15.2 Å². The number of rotatable bonds is 5. The third kappa shape index (κ3) is 3.82. The number of hydrogen-bond donors (Lipinski definition) is 2. The lowest BCUT2D eigenvalue weighted by Crippen LogP contribution is -2.05. The SMILES string of the molecule is CCOC(=O)c1cccc(Nc2cccc(C(=O)O)c2)c1. The topological polar surface area (TPSA) is 75.6 Å². The molecule has 2 rings (SSSR count). The Morgan fingerprint density at radius 3 is 2.19 bits per heavy atom. The van der Waals surface area contributed by atoms with E-state index in [-0.39, 0.29) is 11.5 Å². The largest absolute Gasteiger partial charge is 0.478 e. The van der Waals surface area contributed by atoms with E-state index in [1.165, 1.54) is 12.1 Å². The number of hydrogen-bond acceptors (Lipinski definition) is 4. The van der Waals surface area contributed by atoms with Crippen molar-refractivity contribution in [3.63, 3.8) is 0 Å². The Hall–Kier alpha value is -2.82. The Kier molecular flexibility index (Phi) is 4.56. The van der Waals surface area contributed by atoms with Crippen molar-refractivity contribution < 1.29 is 19.4 Å². The number of benzene rings is 2. The van der Waals surface area contributed by atoms with E-state index in [9.17, 15) is 9.59 Å². The van der Waals surface area contributed by atoms with E-state index in [0.717, 1.165) is 0 Å². The van der Waals surface area contributed by atoms with E-state index in [1.54, 1.807) is 43.3 Å². The number of carbonyl (C=O) groups excluding carboxylic acids is 1. The summed E-state index contributed by atoms with van der Waals surface area (Å²) in [7, 11) is 0. The molecule has 21 heavy (non-hydrogen) atoms. The van der Waals surface area contributed by atoms with E-state index >= 15 is 0 Å². The zero-order chi connectivity index (χ0) is 15.2. The van der Waals surface area contributed by atoms with Gasteiger partial charge in [-0.3, -0.25) is 0 Å². The van der Waals surface area contributed by atoms with Crippen LogP contribution in [0.3, 0.4) is 0 Å². The second-order valence-corrected chi connectivity index (χ2v) is 4.31. The van der Waals surface area contributed by atoms with Crippen molar-refractivity contribution in [1.82, 2.24) is 0 Å². The Morgan fingerprint density at radius 2 is 1.62 bits per heavy atom. The van der Waals surface area contributed by atoms with Crippen LogP contribution in [-0.4, -0.2) is 23.7 Å². The highest BCUT2D eigenvalue weighted by Crippen LogP contribution is 2.19. The van der Waals surface area contributed by atoms with E-state index in [0.29, 0.717) is 23.5 Å². The highest BCUT2D eigenvalue weighted by Gasteiger charge is 2.07. The zero-order valence-corrected chi connectivity index (χ0v) is 11.5. The summed E-state index contributed by atoms with van der Waals surface area (Å²) >= 11 is 0. The highest BCUT2D eigenvalue weighted by molar-refractivity contribution is 5.91. The Labute approximate surface area is 122 Å². The smallest absolute Gasteiger partial charge is 0.338 e. The number of ether oxygens (including phenoxy) is 1. The molecule has 0 aliphatic heterocycles.